The monoisotopic (exact) mass is 357 g/mol. The lowest BCUT2D eigenvalue weighted by Crippen LogP contribution is -2.12. The first-order chi connectivity index (χ1) is 10.5. The first-order valence-corrected chi connectivity index (χ1v) is 10.3. The average molecular weight is 358 g/mol. The maximum atomic E-state index is 12.3. The second-order valence-electron chi connectivity index (χ2n) is 4.79. The van der Waals surface area contributed by atoms with Gasteiger partial charge >= 0.3 is 0 Å². The van der Waals surface area contributed by atoms with E-state index < -0.39 is 10.0 Å². The molecule has 0 radical (unpaired) electrons. The van der Waals surface area contributed by atoms with Gasteiger partial charge in [0.1, 0.15) is 0 Å². The van der Waals surface area contributed by atoms with Crippen molar-refractivity contribution in [2.45, 2.75) is 42.3 Å². The number of benzene rings is 1. The highest BCUT2D eigenvalue weighted by atomic mass is 32.2. The topological polar surface area (TPSA) is 72.0 Å². The van der Waals surface area contributed by atoms with Gasteiger partial charge in [-0.15, -0.1) is 10.2 Å². The summed E-state index contributed by atoms with van der Waals surface area (Å²) in [7, 11) is -3.62. The summed E-state index contributed by atoms with van der Waals surface area (Å²) in [6.07, 6.45) is 1.02. The van der Waals surface area contributed by atoms with Crippen molar-refractivity contribution in [3.05, 3.63) is 29.8 Å². The van der Waals surface area contributed by atoms with Crippen LogP contribution in [0, 0.1) is 0 Å². The largest absolute Gasteiger partial charge is 0.263 e. The Morgan fingerprint density at radius 2 is 1.91 bits per heavy atom. The molecule has 1 atom stereocenters. The smallest absolute Gasteiger partial charge is 0.253 e. The first-order valence-electron chi connectivity index (χ1n) is 7.05. The quantitative estimate of drug-likeness (QED) is 0.759. The second-order valence-corrected chi connectivity index (χ2v) is 8.96. The molecule has 2 rings (SSSR count). The molecule has 0 saturated carbocycles. The number of aromatic nitrogens is 2. The SMILES string of the molecule is CCSc1nnc(NS(=O)(=O)c2ccc(C(C)CC)cc2)s1. The second kappa shape index (κ2) is 7.43. The summed E-state index contributed by atoms with van der Waals surface area (Å²) in [5.74, 6) is 1.29. The minimum Gasteiger partial charge on any atom is -0.253 e. The van der Waals surface area contributed by atoms with Crippen molar-refractivity contribution < 1.29 is 8.42 Å². The van der Waals surface area contributed by atoms with E-state index >= 15 is 0 Å². The molecule has 0 saturated heterocycles. The van der Waals surface area contributed by atoms with E-state index in [4.69, 9.17) is 0 Å². The third-order valence-corrected chi connectivity index (χ3v) is 6.61. The Bertz CT molecular complexity index is 711. The molecule has 0 amide bonds. The summed E-state index contributed by atoms with van der Waals surface area (Å²) in [5, 5.41) is 8.09. The fourth-order valence-corrected chi connectivity index (χ4v) is 4.70. The van der Waals surface area contributed by atoms with Crippen LogP contribution in [0.1, 0.15) is 38.7 Å². The zero-order chi connectivity index (χ0) is 16.2. The molecule has 120 valence electrons. The van der Waals surface area contributed by atoms with E-state index in [2.05, 4.69) is 28.8 Å². The molecule has 0 aliphatic carbocycles. The van der Waals surface area contributed by atoms with Crippen LogP contribution in [-0.4, -0.2) is 24.4 Å². The summed E-state index contributed by atoms with van der Waals surface area (Å²) in [5.41, 5.74) is 1.14. The van der Waals surface area contributed by atoms with Crippen molar-refractivity contribution in [3.63, 3.8) is 0 Å². The number of nitrogens with zero attached hydrogens (tertiary/aromatic N) is 2. The molecule has 0 aliphatic heterocycles. The van der Waals surface area contributed by atoms with Crippen molar-refractivity contribution in [3.8, 4) is 0 Å². The zero-order valence-corrected chi connectivity index (χ0v) is 15.2. The number of sulfonamides is 1. The van der Waals surface area contributed by atoms with Crippen LogP contribution < -0.4 is 4.72 Å². The van der Waals surface area contributed by atoms with E-state index in [0.717, 1.165) is 22.1 Å². The van der Waals surface area contributed by atoms with Crippen LogP contribution in [0.2, 0.25) is 0 Å². The lowest BCUT2D eigenvalue weighted by molar-refractivity contribution is 0.601. The van der Waals surface area contributed by atoms with E-state index in [-0.39, 0.29) is 4.90 Å². The van der Waals surface area contributed by atoms with Crippen LogP contribution in [-0.2, 0) is 10.0 Å². The number of anilines is 1. The number of hydrogen-bond acceptors (Lipinski definition) is 6. The van der Waals surface area contributed by atoms with Crippen molar-refractivity contribution in [1.82, 2.24) is 10.2 Å². The highest BCUT2D eigenvalue weighted by Gasteiger charge is 2.17. The zero-order valence-electron chi connectivity index (χ0n) is 12.7. The minimum atomic E-state index is -3.62. The lowest BCUT2D eigenvalue weighted by Gasteiger charge is -2.10. The number of thioether (sulfide) groups is 1. The molecule has 1 N–H and O–H groups in total. The van der Waals surface area contributed by atoms with Gasteiger partial charge in [0, 0.05) is 0 Å². The third-order valence-electron chi connectivity index (χ3n) is 3.27. The predicted octanol–water partition coefficient (Wildman–Crippen LogP) is 3.96. The molecule has 1 unspecified atom stereocenters. The maximum absolute atomic E-state index is 12.3. The van der Waals surface area contributed by atoms with Crippen LogP contribution in [0.3, 0.4) is 0 Å². The molecular weight excluding hydrogens is 338 g/mol. The fourth-order valence-electron chi connectivity index (χ4n) is 1.82. The average Bonchev–Trinajstić information content (AvgIpc) is 2.93. The molecule has 1 heterocycles. The van der Waals surface area contributed by atoms with E-state index in [1.807, 2.05) is 19.1 Å². The van der Waals surface area contributed by atoms with Crippen LogP contribution in [0.25, 0.3) is 0 Å². The highest BCUT2D eigenvalue weighted by Crippen LogP contribution is 2.27. The lowest BCUT2D eigenvalue weighted by atomic mass is 9.99. The Balaban J connectivity index is 2.15. The molecule has 5 nitrogen and oxygen atoms in total. The normalized spacial score (nSPS) is 13.0. The van der Waals surface area contributed by atoms with Gasteiger partial charge in [0.05, 0.1) is 4.90 Å². The molecule has 1 aromatic carbocycles. The van der Waals surface area contributed by atoms with Crippen molar-refractivity contribution >= 4 is 38.3 Å². The fraction of sp³-hybridized carbons (Fsp3) is 0.429. The van der Waals surface area contributed by atoms with Gasteiger partial charge in [-0.25, -0.2) is 8.42 Å². The van der Waals surface area contributed by atoms with Crippen LogP contribution in [0.15, 0.2) is 33.5 Å². The van der Waals surface area contributed by atoms with Gasteiger partial charge in [0.15, 0.2) is 4.34 Å². The summed E-state index contributed by atoms with van der Waals surface area (Å²) < 4.78 is 27.9. The summed E-state index contributed by atoms with van der Waals surface area (Å²) in [6, 6.07) is 6.99. The maximum Gasteiger partial charge on any atom is 0.263 e. The molecule has 0 fully saturated rings. The molecule has 0 bridgehead atoms. The predicted molar refractivity (Wildman–Crippen MR) is 92.3 cm³/mol. The van der Waals surface area contributed by atoms with Crippen LogP contribution in [0.4, 0.5) is 5.13 Å². The van der Waals surface area contributed by atoms with Crippen LogP contribution in [0.5, 0.6) is 0 Å². The molecular formula is C14H19N3O2S3. The molecule has 0 aliphatic rings. The first kappa shape index (κ1) is 17.2. The highest BCUT2D eigenvalue weighted by molar-refractivity contribution is 8.01. The Morgan fingerprint density at radius 1 is 1.23 bits per heavy atom. The summed E-state index contributed by atoms with van der Waals surface area (Å²) >= 11 is 2.78. The van der Waals surface area contributed by atoms with E-state index in [0.29, 0.717) is 11.0 Å². The molecule has 8 heteroatoms. The van der Waals surface area contributed by atoms with Crippen molar-refractivity contribution in [1.29, 1.82) is 0 Å². The van der Waals surface area contributed by atoms with E-state index in [9.17, 15) is 8.42 Å². The van der Waals surface area contributed by atoms with Crippen molar-refractivity contribution in [2.75, 3.05) is 10.5 Å². The van der Waals surface area contributed by atoms with Gasteiger partial charge in [-0.05, 0) is 35.8 Å². The number of rotatable bonds is 7. The molecule has 0 spiro atoms. The van der Waals surface area contributed by atoms with Gasteiger partial charge in [-0.3, -0.25) is 4.72 Å². The minimum absolute atomic E-state index is 0.236. The standard InChI is InChI=1S/C14H19N3O2S3/c1-4-10(3)11-6-8-12(9-7-11)22(18,19)17-13-15-16-14(21-13)20-5-2/h6-10H,4-5H2,1-3H3,(H,15,17). The molecule has 22 heavy (non-hydrogen) atoms. The van der Waals surface area contributed by atoms with E-state index in [1.165, 1.54) is 23.1 Å². The number of hydrogen-bond donors (Lipinski definition) is 1. The summed E-state index contributed by atoms with van der Waals surface area (Å²) in [6.45, 7) is 6.24. The van der Waals surface area contributed by atoms with Gasteiger partial charge in [0.25, 0.3) is 10.0 Å². The third kappa shape index (κ3) is 4.21. The van der Waals surface area contributed by atoms with E-state index in [1.54, 1.807) is 12.1 Å². The van der Waals surface area contributed by atoms with Gasteiger partial charge in [-0.2, -0.15) is 0 Å². The number of nitrogens with one attached hydrogen (secondary N) is 1. The molecule has 2 aromatic rings. The summed E-state index contributed by atoms with van der Waals surface area (Å²) in [4.78, 5) is 0.236. The van der Waals surface area contributed by atoms with Gasteiger partial charge in [-0.1, -0.05) is 56.0 Å². The Labute approximate surface area is 139 Å². The Morgan fingerprint density at radius 3 is 2.50 bits per heavy atom. The van der Waals surface area contributed by atoms with Crippen molar-refractivity contribution in [2.24, 2.45) is 0 Å². The van der Waals surface area contributed by atoms with Gasteiger partial charge < -0.3 is 0 Å². The van der Waals surface area contributed by atoms with Crippen LogP contribution >= 0.6 is 23.1 Å². The Hall–Kier alpha value is -1.12. The van der Waals surface area contributed by atoms with Gasteiger partial charge in [0.2, 0.25) is 5.13 Å². The molecule has 1 aromatic heterocycles. The Kier molecular flexibility index (Phi) is 5.82.